The van der Waals surface area contributed by atoms with E-state index >= 15 is 0 Å². The molecule has 26 heavy (non-hydrogen) atoms. The molecule has 0 radical (unpaired) electrons. The number of pyridine rings is 1. The maximum Gasteiger partial charge on any atom is 0.303 e. The smallest absolute Gasteiger partial charge is 0.303 e. The Morgan fingerprint density at radius 2 is 2.23 bits per heavy atom. The molecule has 4 heterocycles. The summed E-state index contributed by atoms with van der Waals surface area (Å²) in [6, 6.07) is 4.87. The summed E-state index contributed by atoms with van der Waals surface area (Å²) in [5.74, 6) is 2.55. The number of hydrogen-bond acceptors (Lipinski definition) is 6. The van der Waals surface area contributed by atoms with Crippen molar-refractivity contribution in [2.45, 2.75) is 25.8 Å². The first-order chi connectivity index (χ1) is 12.6. The van der Waals surface area contributed by atoms with E-state index in [9.17, 15) is 10.1 Å². The fourth-order valence-electron chi connectivity index (χ4n) is 4.65. The molecule has 2 aromatic heterocycles. The van der Waals surface area contributed by atoms with Crippen LogP contribution in [0.2, 0.25) is 0 Å². The summed E-state index contributed by atoms with van der Waals surface area (Å²) in [6.07, 6.45) is 1.45. The highest BCUT2D eigenvalue weighted by atomic mass is 32.1. The molecular formula is C19H20N4O2S. The van der Waals surface area contributed by atoms with Gasteiger partial charge in [-0.05, 0) is 37.2 Å². The quantitative estimate of drug-likeness (QED) is 0.894. The molecule has 2 aliphatic heterocycles. The van der Waals surface area contributed by atoms with Gasteiger partial charge in [0.25, 0.3) is 0 Å². The number of carboxylic acid groups (broad SMARTS) is 1. The highest BCUT2D eigenvalue weighted by molar-refractivity contribution is 7.17. The summed E-state index contributed by atoms with van der Waals surface area (Å²) in [5.41, 5.74) is 0.712. The van der Waals surface area contributed by atoms with E-state index in [2.05, 4.69) is 28.9 Å². The fourth-order valence-corrected chi connectivity index (χ4v) is 5.56. The molecule has 1 unspecified atom stereocenters. The monoisotopic (exact) mass is 368 g/mol. The van der Waals surface area contributed by atoms with Gasteiger partial charge < -0.3 is 14.9 Å². The minimum absolute atomic E-state index is 0.294. The van der Waals surface area contributed by atoms with Gasteiger partial charge in [-0.3, -0.25) is 4.79 Å². The molecule has 134 valence electrons. The maximum absolute atomic E-state index is 10.9. The first kappa shape index (κ1) is 15.9. The van der Waals surface area contributed by atoms with Gasteiger partial charge in [-0.1, -0.05) is 0 Å². The van der Waals surface area contributed by atoms with Crippen molar-refractivity contribution in [2.24, 2.45) is 17.8 Å². The molecule has 7 heteroatoms. The molecule has 2 aromatic rings. The molecule has 6 nitrogen and oxygen atoms in total. The van der Waals surface area contributed by atoms with Crippen LogP contribution in [-0.2, 0) is 4.79 Å². The predicted molar refractivity (Wildman–Crippen MR) is 101 cm³/mol. The molecule has 5 rings (SSSR count). The molecule has 3 aliphatic rings. The molecule has 0 spiro atoms. The Morgan fingerprint density at radius 1 is 1.46 bits per heavy atom. The van der Waals surface area contributed by atoms with Gasteiger partial charge in [0.05, 0.1) is 10.9 Å². The number of anilines is 2. The molecule has 1 N–H and O–H groups in total. The summed E-state index contributed by atoms with van der Waals surface area (Å²) >= 11 is 1.61. The highest BCUT2D eigenvalue weighted by Gasteiger charge is 2.56. The first-order valence-corrected chi connectivity index (χ1v) is 10.0. The average Bonchev–Trinajstić information content (AvgIpc) is 2.99. The zero-order chi connectivity index (χ0) is 18.0. The van der Waals surface area contributed by atoms with Crippen molar-refractivity contribution in [2.75, 3.05) is 29.4 Å². The van der Waals surface area contributed by atoms with Crippen molar-refractivity contribution in [3.05, 3.63) is 17.0 Å². The van der Waals surface area contributed by atoms with E-state index in [1.54, 1.807) is 11.3 Å². The molecular weight excluding hydrogens is 348 g/mol. The second-order valence-electron chi connectivity index (χ2n) is 7.76. The van der Waals surface area contributed by atoms with Gasteiger partial charge in [0, 0.05) is 42.2 Å². The number of carbonyl (C=O) groups is 1. The van der Waals surface area contributed by atoms with Crippen molar-refractivity contribution in [3.63, 3.8) is 0 Å². The number of thiophene rings is 1. The molecule has 0 bridgehead atoms. The molecule has 0 amide bonds. The van der Waals surface area contributed by atoms with Crippen LogP contribution in [-0.4, -0.2) is 41.7 Å². The van der Waals surface area contributed by atoms with Crippen LogP contribution >= 0.6 is 11.3 Å². The van der Waals surface area contributed by atoms with Crippen LogP contribution in [0.3, 0.4) is 0 Å². The highest BCUT2D eigenvalue weighted by Crippen LogP contribution is 2.54. The second-order valence-corrected chi connectivity index (χ2v) is 8.68. The Bertz CT molecular complexity index is 937. The van der Waals surface area contributed by atoms with E-state index in [4.69, 9.17) is 10.1 Å². The van der Waals surface area contributed by atoms with E-state index in [1.807, 2.05) is 5.38 Å². The molecule has 0 aromatic carbocycles. The van der Waals surface area contributed by atoms with Crippen LogP contribution in [0.25, 0.3) is 10.1 Å². The van der Waals surface area contributed by atoms with Gasteiger partial charge in [0.1, 0.15) is 17.7 Å². The third-order valence-corrected chi connectivity index (χ3v) is 7.27. The van der Waals surface area contributed by atoms with Crippen LogP contribution in [0.15, 0.2) is 11.4 Å². The van der Waals surface area contributed by atoms with Crippen molar-refractivity contribution < 1.29 is 9.90 Å². The summed E-state index contributed by atoms with van der Waals surface area (Å²) in [5, 5.41) is 21.4. The number of carboxylic acids is 1. The van der Waals surface area contributed by atoms with Gasteiger partial charge in [-0.25, -0.2) is 4.98 Å². The van der Waals surface area contributed by atoms with Gasteiger partial charge in [0.15, 0.2) is 0 Å². The number of nitriles is 1. The number of aromatic nitrogens is 1. The summed E-state index contributed by atoms with van der Waals surface area (Å²) in [6.45, 7) is 4.97. The van der Waals surface area contributed by atoms with Gasteiger partial charge in [-0.2, -0.15) is 5.26 Å². The van der Waals surface area contributed by atoms with Gasteiger partial charge in [0.2, 0.25) is 0 Å². The number of hydrogen-bond donors (Lipinski definition) is 1. The van der Waals surface area contributed by atoms with Crippen molar-refractivity contribution in [1.82, 2.24) is 4.98 Å². The Kier molecular flexibility index (Phi) is 3.41. The molecule has 4 atom stereocenters. The number of rotatable bonds is 4. The SMILES string of the molecule is C[C@H]1CCN1c1nc(N2C[C@@H]3C(CC(=O)O)[C@@H]3C2)cc2scc(C#N)c12. The maximum atomic E-state index is 10.9. The topological polar surface area (TPSA) is 80.5 Å². The van der Waals surface area contributed by atoms with Gasteiger partial charge in [-0.15, -0.1) is 11.3 Å². The number of piperidine rings is 1. The average molecular weight is 368 g/mol. The van der Waals surface area contributed by atoms with Crippen LogP contribution in [0.5, 0.6) is 0 Å². The lowest BCUT2D eigenvalue weighted by Crippen LogP contribution is -2.46. The van der Waals surface area contributed by atoms with E-state index in [0.29, 0.717) is 35.8 Å². The first-order valence-electron chi connectivity index (χ1n) is 9.12. The Morgan fingerprint density at radius 3 is 2.81 bits per heavy atom. The molecule has 2 saturated heterocycles. The molecule has 1 aliphatic carbocycles. The van der Waals surface area contributed by atoms with Crippen LogP contribution < -0.4 is 9.80 Å². The lowest BCUT2D eigenvalue weighted by Gasteiger charge is -2.40. The standard InChI is InChI=1S/C19H20N4O2S/c1-10-2-3-23(10)19-18-11(6-20)9-26-15(18)5-16(21-19)22-7-13-12(4-17(24)25)14(13)8-22/h5,9-10,12-14H,2-4,7-8H2,1H3,(H,24,25)/t10-,12?,13-,14+/m0/s1. The third-order valence-electron chi connectivity index (χ3n) is 6.34. The summed E-state index contributed by atoms with van der Waals surface area (Å²) < 4.78 is 1.11. The normalized spacial score (nSPS) is 29.4. The van der Waals surface area contributed by atoms with Crippen molar-refractivity contribution >= 4 is 39.0 Å². The summed E-state index contributed by atoms with van der Waals surface area (Å²) in [4.78, 5) is 20.5. The van der Waals surface area contributed by atoms with E-state index in [1.165, 1.54) is 0 Å². The Hall–Kier alpha value is -2.33. The Labute approximate surface area is 155 Å². The zero-order valence-electron chi connectivity index (χ0n) is 14.6. The third kappa shape index (κ3) is 2.28. The predicted octanol–water partition coefficient (Wildman–Crippen LogP) is 2.92. The Balaban J connectivity index is 1.47. The lowest BCUT2D eigenvalue weighted by molar-refractivity contribution is -0.137. The zero-order valence-corrected chi connectivity index (χ0v) is 15.4. The van der Waals surface area contributed by atoms with Crippen LogP contribution in [0.1, 0.15) is 25.3 Å². The van der Waals surface area contributed by atoms with Crippen LogP contribution in [0, 0.1) is 29.1 Å². The van der Waals surface area contributed by atoms with E-state index in [-0.39, 0.29) is 0 Å². The lowest BCUT2D eigenvalue weighted by atomic mass is 10.0. The molecule has 3 fully saturated rings. The van der Waals surface area contributed by atoms with Crippen LogP contribution in [0.4, 0.5) is 11.6 Å². The summed E-state index contributed by atoms with van der Waals surface area (Å²) in [7, 11) is 0. The number of aliphatic carboxylic acids is 1. The fraction of sp³-hybridized carbons (Fsp3) is 0.526. The minimum atomic E-state index is -0.688. The van der Waals surface area contributed by atoms with Crippen molar-refractivity contribution in [3.8, 4) is 6.07 Å². The molecule has 1 saturated carbocycles. The number of fused-ring (bicyclic) bond motifs is 2. The van der Waals surface area contributed by atoms with Crippen molar-refractivity contribution in [1.29, 1.82) is 5.26 Å². The van der Waals surface area contributed by atoms with E-state index in [0.717, 1.165) is 47.8 Å². The number of nitrogens with zero attached hydrogens (tertiary/aromatic N) is 4. The second kappa shape index (κ2) is 5.58. The largest absolute Gasteiger partial charge is 0.481 e. The minimum Gasteiger partial charge on any atom is -0.481 e. The van der Waals surface area contributed by atoms with Gasteiger partial charge >= 0.3 is 5.97 Å². The van der Waals surface area contributed by atoms with E-state index < -0.39 is 5.97 Å².